The highest BCUT2D eigenvalue weighted by Gasteiger charge is 2.32. The number of hydrogen-bond acceptors (Lipinski definition) is 7. The molecule has 11 heteroatoms. The molecule has 1 heterocycles. The molecule has 0 aliphatic heterocycles. The van der Waals surface area contributed by atoms with Gasteiger partial charge in [0, 0.05) is 30.7 Å². The molecule has 2 aromatic carbocycles. The Labute approximate surface area is 218 Å². The first-order valence-electron chi connectivity index (χ1n) is 12.0. The fourth-order valence-electron chi connectivity index (χ4n) is 3.63. The maximum atomic E-state index is 12.5. The number of hydrogen-bond donors (Lipinski definition) is 0. The van der Waals surface area contributed by atoms with Crippen LogP contribution in [0.1, 0.15) is 43.0 Å². The number of alkyl halides is 3. The standard InChI is InChI=1S/C27H29F3N4O4/c1-5-19-15-31-25(32-16-19)34(17-21-6-9-22(10-7-21)37-27(28,29)30)13-12-20-8-11-23(18(2)14-20)38-26(3,4)24(35)33-36/h6-11,14-16H,5,12-13,17H2,1-4H3. The van der Waals surface area contributed by atoms with E-state index in [0.29, 0.717) is 31.2 Å². The number of rotatable bonds is 11. The minimum atomic E-state index is -4.75. The third-order valence-corrected chi connectivity index (χ3v) is 5.79. The molecular formula is C27H29F3N4O4. The van der Waals surface area contributed by atoms with Gasteiger partial charge in [0.1, 0.15) is 11.5 Å². The monoisotopic (exact) mass is 530 g/mol. The Morgan fingerprint density at radius 2 is 1.61 bits per heavy atom. The highest BCUT2D eigenvalue weighted by atomic mass is 19.4. The number of ether oxygens (including phenoxy) is 2. The smallest absolute Gasteiger partial charge is 0.478 e. The topological polar surface area (TPSA) is 94.0 Å². The molecule has 1 aromatic heterocycles. The Morgan fingerprint density at radius 3 is 2.16 bits per heavy atom. The van der Waals surface area contributed by atoms with Crippen LogP contribution in [-0.4, -0.2) is 34.4 Å². The third-order valence-electron chi connectivity index (χ3n) is 5.79. The number of amides is 1. The van der Waals surface area contributed by atoms with Gasteiger partial charge < -0.3 is 14.4 Å². The van der Waals surface area contributed by atoms with Gasteiger partial charge in [-0.3, -0.25) is 4.79 Å². The summed E-state index contributed by atoms with van der Waals surface area (Å²) in [5.41, 5.74) is 2.13. The molecule has 3 rings (SSSR count). The molecule has 3 aromatic rings. The molecule has 202 valence electrons. The molecule has 0 fully saturated rings. The fourth-order valence-corrected chi connectivity index (χ4v) is 3.63. The molecule has 8 nitrogen and oxygen atoms in total. The highest BCUT2D eigenvalue weighted by Crippen LogP contribution is 2.26. The van der Waals surface area contributed by atoms with Crippen molar-refractivity contribution in [2.75, 3.05) is 11.4 Å². The molecule has 0 saturated heterocycles. The lowest BCUT2D eigenvalue weighted by Gasteiger charge is -2.24. The van der Waals surface area contributed by atoms with Gasteiger partial charge >= 0.3 is 12.3 Å². The number of aryl methyl sites for hydroxylation is 2. The molecule has 0 radical (unpaired) electrons. The summed E-state index contributed by atoms with van der Waals surface area (Å²) in [5.74, 6) is -0.227. The van der Waals surface area contributed by atoms with Gasteiger partial charge in [0.25, 0.3) is 0 Å². The Balaban J connectivity index is 1.76. The minimum Gasteiger partial charge on any atom is -0.478 e. The van der Waals surface area contributed by atoms with Crippen LogP contribution in [0.2, 0.25) is 0 Å². The largest absolute Gasteiger partial charge is 0.573 e. The SMILES string of the molecule is CCc1cnc(N(CCc2ccc(OC(C)(C)C(=O)N=O)c(C)c2)Cc2ccc(OC(F)(F)F)cc2)nc1. The number of anilines is 1. The van der Waals surface area contributed by atoms with E-state index in [1.165, 1.54) is 26.0 Å². The first-order valence-corrected chi connectivity index (χ1v) is 12.0. The Morgan fingerprint density at radius 1 is 0.974 bits per heavy atom. The van der Waals surface area contributed by atoms with E-state index < -0.39 is 17.9 Å². The van der Waals surface area contributed by atoms with Crippen LogP contribution in [0.4, 0.5) is 19.1 Å². The third kappa shape index (κ3) is 7.99. The summed E-state index contributed by atoms with van der Waals surface area (Å²) in [5, 5.41) is 2.46. The van der Waals surface area contributed by atoms with Crippen LogP contribution in [0.5, 0.6) is 11.5 Å². The number of nitrogens with zero attached hydrogens (tertiary/aromatic N) is 4. The van der Waals surface area contributed by atoms with Crippen molar-refractivity contribution in [2.24, 2.45) is 5.18 Å². The molecule has 0 aliphatic rings. The van der Waals surface area contributed by atoms with E-state index in [9.17, 15) is 22.9 Å². The summed E-state index contributed by atoms with van der Waals surface area (Å²) in [6.45, 7) is 7.69. The molecule has 0 N–H and O–H groups in total. The van der Waals surface area contributed by atoms with E-state index >= 15 is 0 Å². The molecule has 0 saturated carbocycles. The Hall–Kier alpha value is -4.02. The van der Waals surface area contributed by atoms with Crippen molar-refractivity contribution in [2.45, 2.75) is 59.0 Å². The van der Waals surface area contributed by atoms with Crippen molar-refractivity contribution in [3.05, 3.63) is 82.0 Å². The number of aromatic nitrogens is 2. The molecule has 0 spiro atoms. The van der Waals surface area contributed by atoms with Crippen LogP contribution in [0.15, 0.2) is 60.0 Å². The number of nitroso groups, excluding NO2 is 1. The normalized spacial score (nSPS) is 11.7. The lowest BCUT2D eigenvalue weighted by molar-refractivity contribution is -0.274. The fraction of sp³-hybridized carbons (Fsp3) is 0.370. The van der Waals surface area contributed by atoms with Crippen molar-refractivity contribution < 1.29 is 27.4 Å². The predicted molar refractivity (Wildman–Crippen MR) is 136 cm³/mol. The van der Waals surface area contributed by atoms with Crippen LogP contribution in [0.3, 0.4) is 0 Å². The first kappa shape index (κ1) is 28.5. The number of halogens is 3. The maximum Gasteiger partial charge on any atom is 0.573 e. The van der Waals surface area contributed by atoms with Gasteiger partial charge in [0.05, 0.1) is 0 Å². The van der Waals surface area contributed by atoms with Gasteiger partial charge in [-0.05, 0) is 74.1 Å². The van der Waals surface area contributed by atoms with Crippen LogP contribution in [-0.2, 0) is 24.2 Å². The molecular weight excluding hydrogens is 501 g/mol. The number of carbonyl (C=O) groups excluding carboxylic acids is 1. The zero-order valence-corrected chi connectivity index (χ0v) is 21.6. The lowest BCUT2D eigenvalue weighted by atomic mass is 10.1. The summed E-state index contributed by atoms with van der Waals surface area (Å²) in [6, 6.07) is 11.2. The summed E-state index contributed by atoms with van der Waals surface area (Å²) in [4.78, 5) is 33.3. The van der Waals surface area contributed by atoms with Gasteiger partial charge in [-0.2, -0.15) is 0 Å². The molecule has 0 bridgehead atoms. The predicted octanol–water partition coefficient (Wildman–Crippen LogP) is 5.95. The average Bonchev–Trinajstić information content (AvgIpc) is 2.87. The molecule has 1 amide bonds. The van der Waals surface area contributed by atoms with Crippen molar-refractivity contribution in [3.8, 4) is 11.5 Å². The molecule has 0 unspecified atom stereocenters. The van der Waals surface area contributed by atoms with E-state index in [4.69, 9.17) is 4.74 Å². The van der Waals surface area contributed by atoms with Gasteiger partial charge in [0.15, 0.2) is 5.60 Å². The second-order valence-corrected chi connectivity index (χ2v) is 9.22. The van der Waals surface area contributed by atoms with Gasteiger partial charge in [-0.25, -0.2) is 9.97 Å². The number of carbonyl (C=O) groups is 1. The van der Waals surface area contributed by atoms with Gasteiger partial charge in [0.2, 0.25) is 5.95 Å². The zero-order chi connectivity index (χ0) is 27.9. The summed E-state index contributed by atoms with van der Waals surface area (Å²) in [7, 11) is 0. The Bertz CT molecular complexity index is 1250. The average molecular weight is 531 g/mol. The van der Waals surface area contributed by atoms with Crippen molar-refractivity contribution >= 4 is 11.9 Å². The maximum absolute atomic E-state index is 12.5. The van der Waals surface area contributed by atoms with Crippen LogP contribution < -0.4 is 14.4 Å². The van der Waals surface area contributed by atoms with Crippen LogP contribution >= 0.6 is 0 Å². The summed E-state index contributed by atoms with van der Waals surface area (Å²) < 4.78 is 47.2. The van der Waals surface area contributed by atoms with E-state index in [1.807, 2.05) is 30.9 Å². The molecule has 0 aliphatic carbocycles. The second-order valence-electron chi connectivity index (χ2n) is 9.22. The number of benzene rings is 2. The van der Waals surface area contributed by atoms with E-state index in [1.54, 1.807) is 30.6 Å². The lowest BCUT2D eigenvalue weighted by Crippen LogP contribution is -2.37. The van der Waals surface area contributed by atoms with E-state index in [2.05, 4.69) is 19.9 Å². The minimum absolute atomic E-state index is 0.289. The molecule has 0 atom stereocenters. The van der Waals surface area contributed by atoms with E-state index in [0.717, 1.165) is 28.7 Å². The van der Waals surface area contributed by atoms with Crippen molar-refractivity contribution in [3.63, 3.8) is 0 Å². The molecule has 38 heavy (non-hydrogen) atoms. The van der Waals surface area contributed by atoms with Crippen LogP contribution in [0, 0.1) is 11.8 Å². The first-order chi connectivity index (χ1) is 17.9. The highest BCUT2D eigenvalue weighted by molar-refractivity contribution is 5.85. The summed E-state index contributed by atoms with van der Waals surface area (Å²) >= 11 is 0. The second kappa shape index (κ2) is 12.0. The van der Waals surface area contributed by atoms with E-state index in [-0.39, 0.29) is 5.75 Å². The zero-order valence-electron chi connectivity index (χ0n) is 21.6. The van der Waals surface area contributed by atoms with Gasteiger partial charge in [-0.15, -0.1) is 18.1 Å². The van der Waals surface area contributed by atoms with Crippen molar-refractivity contribution in [1.82, 2.24) is 9.97 Å². The Kier molecular flexibility index (Phi) is 9.03. The van der Waals surface area contributed by atoms with Crippen LogP contribution in [0.25, 0.3) is 0 Å². The van der Waals surface area contributed by atoms with Gasteiger partial charge in [-0.1, -0.05) is 31.2 Å². The van der Waals surface area contributed by atoms with Crippen molar-refractivity contribution in [1.29, 1.82) is 0 Å². The summed E-state index contributed by atoms with van der Waals surface area (Å²) in [6.07, 6.45) is 0.150. The quantitative estimate of drug-likeness (QED) is 0.283.